The van der Waals surface area contributed by atoms with Crippen LogP contribution in [-0.2, 0) is 6.54 Å². The molecule has 3 rings (SSSR count). The van der Waals surface area contributed by atoms with Gasteiger partial charge in [0, 0.05) is 17.8 Å². The lowest BCUT2D eigenvalue weighted by molar-refractivity contribution is 0.252. The first-order valence-corrected chi connectivity index (χ1v) is 8.53. The number of nitrogens with zero attached hydrogens (tertiary/aromatic N) is 3. The van der Waals surface area contributed by atoms with Crippen molar-refractivity contribution in [2.24, 2.45) is 17.6 Å². The molecule has 114 valence electrons. The fraction of sp³-hybridized carbons (Fsp3) is 0.667. The molecule has 0 spiro atoms. The molecule has 0 amide bonds. The standard InChI is InChI=1S/C15H22N4OS/c1-9(2)10-3-5-11(6-4-10)14-18-15(20-19-14)12-8-21-13(7-16)17-12/h8-11H,3-7,16H2,1-2H3. The van der Waals surface area contributed by atoms with Crippen LogP contribution in [0.1, 0.15) is 56.3 Å². The average Bonchev–Trinajstić information content (AvgIpc) is 3.16. The van der Waals surface area contributed by atoms with Crippen LogP contribution in [0.5, 0.6) is 0 Å². The predicted molar refractivity (Wildman–Crippen MR) is 82.8 cm³/mol. The molecule has 2 N–H and O–H groups in total. The lowest BCUT2D eigenvalue weighted by Crippen LogP contribution is -2.18. The van der Waals surface area contributed by atoms with Crippen molar-refractivity contribution >= 4 is 11.3 Å². The summed E-state index contributed by atoms with van der Waals surface area (Å²) in [6.45, 7) is 5.08. The molecule has 0 aliphatic heterocycles. The second kappa shape index (κ2) is 6.23. The van der Waals surface area contributed by atoms with Gasteiger partial charge in [-0.15, -0.1) is 11.3 Å². The number of hydrogen-bond acceptors (Lipinski definition) is 6. The van der Waals surface area contributed by atoms with Gasteiger partial charge in [0.2, 0.25) is 0 Å². The van der Waals surface area contributed by atoms with Crippen LogP contribution < -0.4 is 5.73 Å². The highest BCUT2D eigenvalue weighted by Crippen LogP contribution is 2.38. The van der Waals surface area contributed by atoms with Crippen LogP contribution in [0.2, 0.25) is 0 Å². The molecular formula is C15H22N4OS. The van der Waals surface area contributed by atoms with Crippen molar-refractivity contribution in [3.63, 3.8) is 0 Å². The largest absolute Gasteiger partial charge is 0.332 e. The van der Waals surface area contributed by atoms with Crippen LogP contribution in [0.3, 0.4) is 0 Å². The molecular weight excluding hydrogens is 284 g/mol. The second-order valence-electron chi connectivity index (χ2n) is 6.14. The van der Waals surface area contributed by atoms with E-state index in [0.717, 1.165) is 41.2 Å². The maximum Gasteiger partial charge on any atom is 0.277 e. The van der Waals surface area contributed by atoms with E-state index in [9.17, 15) is 0 Å². The third-order valence-corrected chi connectivity index (χ3v) is 5.34. The summed E-state index contributed by atoms with van der Waals surface area (Å²) in [5.74, 6) is 3.42. The number of hydrogen-bond donors (Lipinski definition) is 1. The van der Waals surface area contributed by atoms with Gasteiger partial charge in [0.25, 0.3) is 5.89 Å². The van der Waals surface area contributed by atoms with E-state index in [2.05, 4.69) is 29.0 Å². The molecule has 2 heterocycles. The first kappa shape index (κ1) is 14.7. The molecule has 0 unspecified atom stereocenters. The van der Waals surface area contributed by atoms with Crippen LogP contribution >= 0.6 is 11.3 Å². The topological polar surface area (TPSA) is 77.8 Å². The number of aromatic nitrogens is 3. The van der Waals surface area contributed by atoms with Gasteiger partial charge < -0.3 is 10.3 Å². The minimum absolute atomic E-state index is 0.435. The number of rotatable bonds is 4. The highest BCUT2D eigenvalue weighted by Gasteiger charge is 2.27. The Bertz CT molecular complexity index is 584. The van der Waals surface area contributed by atoms with Crippen LogP contribution in [0.4, 0.5) is 0 Å². The molecule has 6 heteroatoms. The molecule has 1 aliphatic rings. The molecule has 1 aliphatic carbocycles. The maximum atomic E-state index is 5.58. The van der Waals surface area contributed by atoms with Crippen molar-refractivity contribution < 1.29 is 4.52 Å². The average molecular weight is 306 g/mol. The lowest BCUT2D eigenvalue weighted by Gasteiger charge is -2.29. The van der Waals surface area contributed by atoms with Gasteiger partial charge >= 0.3 is 0 Å². The SMILES string of the molecule is CC(C)C1CCC(c2noc(-c3csc(CN)n3)n2)CC1. The monoisotopic (exact) mass is 306 g/mol. The molecule has 5 nitrogen and oxygen atoms in total. The molecule has 2 aromatic heterocycles. The minimum atomic E-state index is 0.435. The van der Waals surface area contributed by atoms with E-state index in [1.165, 1.54) is 24.2 Å². The van der Waals surface area contributed by atoms with Gasteiger partial charge in [-0.05, 0) is 37.5 Å². The van der Waals surface area contributed by atoms with Gasteiger partial charge in [0.15, 0.2) is 5.82 Å². The predicted octanol–water partition coefficient (Wildman–Crippen LogP) is 3.58. The highest BCUT2D eigenvalue weighted by atomic mass is 32.1. The molecule has 0 radical (unpaired) electrons. The fourth-order valence-corrected chi connectivity index (χ4v) is 3.70. The summed E-state index contributed by atoms with van der Waals surface area (Å²) in [7, 11) is 0. The van der Waals surface area contributed by atoms with Crippen LogP contribution in [-0.4, -0.2) is 15.1 Å². The Morgan fingerprint density at radius 3 is 2.67 bits per heavy atom. The van der Waals surface area contributed by atoms with Crippen molar-refractivity contribution in [3.05, 3.63) is 16.2 Å². The van der Waals surface area contributed by atoms with Crippen molar-refractivity contribution in [1.82, 2.24) is 15.1 Å². The van der Waals surface area contributed by atoms with Gasteiger partial charge in [-0.2, -0.15) is 4.98 Å². The third kappa shape index (κ3) is 3.16. The first-order valence-electron chi connectivity index (χ1n) is 7.65. The van der Waals surface area contributed by atoms with Crippen LogP contribution in [0.15, 0.2) is 9.90 Å². The van der Waals surface area contributed by atoms with E-state index >= 15 is 0 Å². The maximum absolute atomic E-state index is 5.58. The second-order valence-corrected chi connectivity index (χ2v) is 7.09. The van der Waals surface area contributed by atoms with Crippen LogP contribution in [0.25, 0.3) is 11.6 Å². The molecule has 21 heavy (non-hydrogen) atoms. The summed E-state index contributed by atoms with van der Waals surface area (Å²) in [4.78, 5) is 8.94. The van der Waals surface area contributed by atoms with Gasteiger partial charge in [-0.25, -0.2) is 4.98 Å². The van der Waals surface area contributed by atoms with Crippen LogP contribution in [0, 0.1) is 11.8 Å². The Balaban J connectivity index is 1.68. The van der Waals surface area contributed by atoms with Gasteiger partial charge in [0.05, 0.1) is 0 Å². The van der Waals surface area contributed by atoms with Gasteiger partial charge in [0.1, 0.15) is 10.7 Å². The molecule has 0 aromatic carbocycles. The van der Waals surface area contributed by atoms with Crippen molar-refractivity contribution in [2.75, 3.05) is 0 Å². The van der Waals surface area contributed by atoms with E-state index in [-0.39, 0.29) is 0 Å². The van der Waals surface area contributed by atoms with E-state index in [0.29, 0.717) is 18.4 Å². The zero-order valence-corrected chi connectivity index (χ0v) is 13.4. The highest BCUT2D eigenvalue weighted by molar-refractivity contribution is 7.09. The molecule has 0 atom stereocenters. The Morgan fingerprint density at radius 2 is 2.05 bits per heavy atom. The zero-order chi connectivity index (χ0) is 14.8. The summed E-state index contributed by atoms with van der Waals surface area (Å²) in [5, 5.41) is 6.99. The zero-order valence-electron chi connectivity index (χ0n) is 12.6. The summed E-state index contributed by atoms with van der Waals surface area (Å²) >= 11 is 1.53. The quantitative estimate of drug-likeness (QED) is 0.934. The van der Waals surface area contributed by atoms with Crippen molar-refractivity contribution in [2.45, 2.75) is 52.0 Å². The van der Waals surface area contributed by atoms with Crippen molar-refractivity contribution in [1.29, 1.82) is 0 Å². The van der Waals surface area contributed by atoms with E-state index in [4.69, 9.17) is 10.3 Å². The molecule has 0 saturated heterocycles. The van der Waals surface area contributed by atoms with Crippen molar-refractivity contribution in [3.8, 4) is 11.6 Å². The Labute approximate surface area is 129 Å². The van der Waals surface area contributed by atoms with Gasteiger partial charge in [-0.1, -0.05) is 19.0 Å². The first-order chi connectivity index (χ1) is 10.2. The summed E-state index contributed by atoms with van der Waals surface area (Å²) in [5.41, 5.74) is 6.33. The summed E-state index contributed by atoms with van der Waals surface area (Å²) < 4.78 is 5.38. The molecule has 1 saturated carbocycles. The van der Waals surface area contributed by atoms with E-state index in [1.807, 2.05) is 5.38 Å². The molecule has 0 bridgehead atoms. The van der Waals surface area contributed by atoms with Gasteiger partial charge in [-0.3, -0.25) is 0 Å². The fourth-order valence-electron chi connectivity index (χ4n) is 3.05. The Kier molecular flexibility index (Phi) is 4.35. The van der Waals surface area contributed by atoms with E-state index in [1.54, 1.807) is 0 Å². The lowest BCUT2D eigenvalue weighted by atomic mass is 9.77. The number of nitrogens with two attached hydrogens (primary N) is 1. The molecule has 1 fully saturated rings. The molecule has 2 aromatic rings. The summed E-state index contributed by atoms with van der Waals surface area (Å²) in [6.07, 6.45) is 4.85. The third-order valence-electron chi connectivity index (χ3n) is 4.47. The normalized spacial score (nSPS) is 22.9. The Morgan fingerprint density at radius 1 is 1.29 bits per heavy atom. The Hall–Kier alpha value is -1.27. The minimum Gasteiger partial charge on any atom is -0.332 e. The summed E-state index contributed by atoms with van der Waals surface area (Å²) in [6, 6.07) is 0. The van der Waals surface area contributed by atoms with E-state index < -0.39 is 0 Å². The number of thiazole rings is 1. The smallest absolute Gasteiger partial charge is 0.277 e.